The van der Waals surface area contributed by atoms with Crippen molar-refractivity contribution in [2.75, 3.05) is 53.0 Å². The molecule has 4 rings (SSSR count). The molecule has 1 unspecified atom stereocenters. The Bertz CT molecular complexity index is 1030. The lowest BCUT2D eigenvalue weighted by Crippen LogP contribution is -2.51. The van der Waals surface area contributed by atoms with Gasteiger partial charge in [-0.2, -0.15) is 0 Å². The van der Waals surface area contributed by atoms with E-state index < -0.39 is 18.1 Å². The summed E-state index contributed by atoms with van der Waals surface area (Å²) in [5.74, 6) is -1.23. The zero-order valence-corrected chi connectivity index (χ0v) is 19.8. The quantitative estimate of drug-likeness (QED) is 0.595. The third kappa shape index (κ3) is 5.80. The summed E-state index contributed by atoms with van der Waals surface area (Å²) in [6.45, 7) is 2.05. The number of carboxylic acids is 1. The first-order chi connectivity index (χ1) is 17.0. The van der Waals surface area contributed by atoms with Crippen LogP contribution < -0.4 is 5.32 Å². The van der Waals surface area contributed by atoms with Gasteiger partial charge in [-0.05, 0) is 28.7 Å². The summed E-state index contributed by atoms with van der Waals surface area (Å²) in [6.07, 6.45) is -0.0199. The molecule has 2 aliphatic rings. The molecule has 9 heteroatoms. The number of benzene rings is 2. The number of aliphatic carboxylic acids is 1. The topological polar surface area (TPSA) is 108 Å². The first-order valence-electron chi connectivity index (χ1n) is 11.8. The van der Waals surface area contributed by atoms with Gasteiger partial charge in [0.1, 0.15) is 12.6 Å². The predicted octanol–water partition coefficient (Wildman–Crippen LogP) is 2.16. The highest BCUT2D eigenvalue weighted by Crippen LogP contribution is 2.44. The molecule has 2 aromatic carbocycles. The van der Waals surface area contributed by atoms with E-state index in [0.29, 0.717) is 32.6 Å². The second-order valence-electron chi connectivity index (χ2n) is 8.83. The molecule has 186 valence electrons. The highest BCUT2D eigenvalue weighted by atomic mass is 16.5. The van der Waals surface area contributed by atoms with Crippen molar-refractivity contribution in [3.63, 3.8) is 0 Å². The fourth-order valence-corrected chi connectivity index (χ4v) is 4.88. The van der Waals surface area contributed by atoms with Crippen LogP contribution in [0.1, 0.15) is 23.5 Å². The molecule has 1 fully saturated rings. The lowest BCUT2D eigenvalue weighted by Gasteiger charge is -2.26. The number of amides is 2. The summed E-state index contributed by atoms with van der Waals surface area (Å²) in [5, 5.41) is 11.7. The molecule has 35 heavy (non-hydrogen) atoms. The van der Waals surface area contributed by atoms with Gasteiger partial charge in [-0.3, -0.25) is 14.5 Å². The molecule has 1 heterocycles. The number of rotatable bonds is 8. The van der Waals surface area contributed by atoms with Crippen molar-refractivity contribution in [2.45, 2.75) is 18.4 Å². The lowest BCUT2D eigenvalue weighted by atomic mass is 9.98. The van der Waals surface area contributed by atoms with Crippen molar-refractivity contribution in [1.29, 1.82) is 0 Å². The lowest BCUT2D eigenvalue weighted by molar-refractivity contribution is -0.138. The Morgan fingerprint density at radius 1 is 1.00 bits per heavy atom. The Morgan fingerprint density at radius 2 is 1.66 bits per heavy atom. The number of fused-ring (bicyclic) bond motifs is 3. The molecule has 0 aromatic heterocycles. The van der Waals surface area contributed by atoms with Crippen LogP contribution in [0.3, 0.4) is 0 Å². The van der Waals surface area contributed by atoms with Gasteiger partial charge >= 0.3 is 12.1 Å². The van der Waals surface area contributed by atoms with Crippen molar-refractivity contribution in [2.24, 2.45) is 0 Å². The highest BCUT2D eigenvalue weighted by molar-refractivity contribution is 5.86. The summed E-state index contributed by atoms with van der Waals surface area (Å²) in [6, 6.07) is 15.3. The van der Waals surface area contributed by atoms with E-state index in [1.54, 1.807) is 9.80 Å². The van der Waals surface area contributed by atoms with E-state index in [2.05, 4.69) is 17.4 Å². The van der Waals surface area contributed by atoms with Gasteiger partial charge in [0.05, 0.1) is 13.2 Å². The number of ether oxygens (including phenoxy) is 2. The number of alkyl carbamates (subject to hydrolysis) is 1. The average molecular weight is 482 g/mol. The minimum Gasteiger partial charge on any atom is -0.480 e. The molecule has 1 aliphatic carbocycles. The van der Waals surface area contributed by atoms with Crippen molar-refractivity contribution >= 4 is 18.0 Å². The van der Waals surface area contributed by atoms with E-state index in [4.69, 9.17) is 14.6 Å². The van der Waals surface area contributed by atoms with Gasteiger partial charge in [0.25, 0.3) is 0 Å². The molecule has 0 spiro atoms. The first-order valence-corrected chi connectivity index (χ1v) is 11.8. The van der Waals surface area contributed by atoms with E-state index in [0.717, 1.165) is 22.3 Å². The molecular formula is C26H31N3O6. The van der Waals surface area contributed by atoms with Crippen molar-refractivity contribution in [1.82, 2.24) is 15.1 Å². The SMILES string of the molecule is COCC(NC(=O)OCC1c2ccccc2-c2ccccc21)C(=O)N1CCCN(CC(=O)O)CC1. The molecule has 0 radical (unpaired) electrons. The number of carbonyl (C=O) groups is 3. The molecule has 2 amide bonds. The van der Waals surface area contributed by atoms with E-state index in [-0.39, 0.29) is 31.6 Å². The minimum absolute atomic E-state index is 0.0123. The third-order valence-electron chi connectivity index (χ3n) is 6.53. The normalized spacial score (nSPS) is 16.7. The monoisotopic (exact) mass is 481 g/mol. The van der Waals surface area contributed by atoms with Crippen LogP contribution in [0.25, 0.3) is 11.1 Å². The van der Waals surface area contributed by atoms with E-state index >= 15 is 0 Å². The predicted molar refractivity (Wildman–Crippen MR) is 129 cm³/mol. The van der Waals surface area contributed by atoms with Crippen LogP contribution in [0.4, 0.5) is 4.79 Å². The number of carboxylic acid groups (broad SMARTS) is 1. The van der Waals surface area contributed by atoms with Crippen LogP contribution in [0, 0.1) is 0 Å². The van der Waals surface area contributed by atoms with Crippen molar-refractivity contribution in [3.05, 3.63) is 59.7 Å². The molecule has 2 N–H and O–H groups in total. The fraction of sp³-hybridized carbons (Fsp3) is 0.423. The number of nitrogens with one attached hydrogen (secondary N) is 1. The maximum atomic E-state index is 13.1. The fourth-order valence-electron chi connectivity index (χ4n) is 4.88. The van der Waals surface area contributed by atoms with E-state index in [1.165, 1.54) is 7.11 Å². The maximum absolute atomic E-state index is 13.1. The Hall–Kier alpha value is -3.43. The van der Waals surface area contributed by atoms with Crippen LogP contribution >= 0.6 is 0 Å². The largest absolute Gasteiger partial charge is 0.480 e. The maximum Gasteiger partial charge on any atom is 0.407 e. The van der Waals surface area contributed by atoms with Crippen molar-refractivity contribution < 1.29 is 29.0 Å². The van der Waals surface area contributed by atoms with Gasteiger partial charge in [-0.1, -0.05) is 48.5 Å². The summed E-state index contributed by atoms with van der Waals surface area (Å²) in [5.41, 5.74) is 4.51. The van der Waals surface area contributed by atoms with Gasteiger partial charge in [-0.25, -0.2) is 4.79 Å². The van der Waals surface area contributed by atoms with Gasteiger partial charge in [-0.15, -0.1) is 0 Å². The number of hydrogen-bond donors (Lipinski definition) is 2. The minimum atomic E-state index is -0.890. The summed E-state index contributed by atoms with van der Waals surface area (Å²) in [4.78, 5) is 40.3. The van der Waals surface area contributed by atoms with Crippen LogP contribution in [0.5, 0.6) is 0 Å². The van der Waals surface area contributed by atoms with Crippen LogP contribution in [-0.4, -0.2) is 92.0 Å². The van der Waals surface area contributed by atoms with Crippen LogP contribution in [0.2, 0.25) is 0 Å². The smallest absolute Gasteiger partial charge is 0.407 e. The first kappa shape index (κ1) is 24.7. The van der Waals surface area contributed by atoms with Crippen LogP contribution in [-0.2, 0) is 19.1 Å². The Labute approximate surface area is 204 Å². The van der Waals surface area contributed by atoms with Gasteiger partial charge in [0.15, 0.2) is 0 Å². The molecule has 0 bridgehead atoms. The summed E-state index contributed by atoms with van der Waals surface area (Å²) < 4.78 is 10.8. The van der Waals surface area contributed by atoms with E-state index in [9.17, 15) is 14.4 Å². The van der Waals surface area contributed by atoms with Crippen LogP contribution in [0.15, 0.2) is 48.5 Å². The standard InChI is InChI=1S/C26H31N3O6/c1-34-17-23(25(32)29-12-6-11-28(13-14-29)15-24(30)31)27-26(33)35-16-22-20-9-4-2-7-18(20)19-8-3-5-10-21(19)22/h2-5,7-10,22-23H,6,11-17H2,1H3,(H,27,33)(H,30,31). The molecule has 1 aliphatic heterocycles. The second kappa shape index (κ2) is 11.3. The Morgan fingerprint density at radius 3 is 2.29 bits per heavy atom. The Kier molecular flexibility index (Phi) is 7.99. The second-order valence-corrected chi connectivity index (χ2v) is 8.83. The molecule has 2 aromatic rings. The highest BCUT2D eigenvalue weighted by Gasteiger charge is 2.31. The average Bonchev–Trinajstić information content (AvgIpc) is 2.98. The van der Waals surface area contributed by atoms with Crippen molar-refractivity contribution in [3.8, 4) is 11.1 Å². The Balaban J connectivity index is 1.36. The molecule has 0 saturated carbocycles. The number of hydrogen-bond acceptors (Lipinski definition) is 6. The molecule has 9 nitrogen and oxygen atoms in total. The summed E-state index contributed by atoms with van der Waals surface area (Å²) >= 11 is 0. The van der Waals surface area contributed by atoms with Gasteiger partial charge in [0, 0.05) is 39.2 Å². The zero-order chi connectivity index (χ0) is 24.8. The van der Waals surface area contributed by atoms with Gasteiger partial charge < -0.3 is 24.8 Å². The third-order valence-corrected chi connectivity index (χ3v) is 6.53. The molecule has 1 atom stereocenters. The van der Waals surface area contributed by atoms with E-state index in [1.807, 2.05) is 36.4 Å². The molecular weight excluding hydrogens is 450 g/mol. The molecule has 1 saturated heterocycles. The number of carbonyl (C=O) groups excluding carboxylic acids is 2. The summed E-state index contributed by atoms with van der Waals surface area (Å²) in [7, 11) is 1.47. The number of methoxy groups -OCH3 is 1. The number of nitrogens with zero attached hydrogens (tertiary/aromatic N) is 2. The zero-order valence-electron chi connectivity index (χ0n) is 19.8. The van der Waals surface area contributed by atoms with Gasteiger partial charge in [0.2, 0.25) is 5.91 Å².